The van der Waals surface area contributed by atoms with E-state index in [2.05, 4.69) is 15.5 Å². The molecule has 0 unspecified atom stereocenters. The topological polar surface area (TPSA) is 58.0 Å². The van der Waals surface area contributed by atoms with E-state index in [4.69, 9.17) is 5.11 Å². The van der Waals surface area contributed by atoms with Gasteiger partial charge in [0.05, 0.1) is 12.3 Å². The lowest BCUT2D eigenvalue weighted by Gasteiger charge is -2.11. The number of nitrogens with zero attached hydrogens (tertiary/aromatic N) is 2. The van der Waals surface area contributed by atoms with Gasteiger partial charge < -0.3 is 10.4 Å². The van der Waals surface area contributed by atoms with Crippen LogP contribution in [0.2, 0.25) is 0 Å². The summed E-state index contributed by atoms with van der Waals surface area (Å²) in [6, 6.07) is 22.0. The lowest BCUT2D eigenvalue weighted by Crippen LogP contribution is -2.09. The van der Waals surface area contributed by atoms with Crippen molar-refractivity contribution in [1.82, 2.24) is 10.2 Å². The van der Waals surface area contributed by atoms with Crippen LogP contribution in [0.5, 0.6) is 0 Å². The van der Waals surface area contributed by atoms with Gasteiger partial charge in [-0.15, -0.1) is 22.6 Å². The smallest absolute Gasteiger partial charge is 0.156 e. The predicted molar refractivity (Wildman–Crippen MR) is 95.7 cm³/mol. The fourth-order valence-corrected chi connectivity index (χ4v) is 2.28. The molecule has 0 bridgehead atoms. The maximum absolute atomic E-state index is 9.01. The summed E-state index contributed by atoms with van der Waals surface area (Å²) in [4.78, 5) is 0. The van der Waals surface area contributed by atoms with Gasteiger partial charge in [0.2, 0.25) is 0 Å². The summed E-state index contributed by atoms with van der Waals surface area (Å²) in [5.74, 6) is 0.680. The normalized spacial score (nSPS) is 9.96. The number of hydrogen-bond donors (Lipinski definition) is 2. The first-order chi connectivity index (χ1) is 10.9. The highest BCUT2D eigenvalue weighted by Crippen LogP contribution is 2.29. The van der Waals surface area contributed by atoms with Crippen LogP contribution in [0, 0.1) is 0 Å². The molecule has 0 saturated heterocycles. The number of benzene rings is 2. The van der Waals surface area contributed by atoms with Gasteiger partial charge >= 0.3 is 0 Å². The van der Waals surface area contributed by atoms with E-state index in [1.807, 2.05) is 66.7 Å². The van der Waals surface area contributed by atoms with Crippen molar-refractivity contribution in [3.05, 3.63) is 66.7 Å². The Morgan fingerprint density at radius 1 is 0.826 bits per heavy atom. The number of aliphatic hydroxyl groups is 1. The van der Waals surface area contributed by atoms with Crippen LogP contribution < -0.4 is 5.32 Å². The molecule has 118 valence electrons. The maximum Gasteiger partial charge on any atom is 0.156 e. The first-order valence-corrected chi connectivity index (χ1v) is 7.22. The number of nitrogens with one attached hydrogen (secondary N) is 1. The Hall–Kier alpha value is -2.43. The quantitative estimate of drug-likeness (QED) is 0.751. The number of aromatic nitrogens is 2. The molecule has 2 N–H and O–H groups in total. The average Bonchev–Trinajstić information content (AvgIpc) is 2.61. The second kappa shape index (κ2) is 8.27. The molecule has 3 rings (SSSR count). The SMILES string of the molecule is Cl.OCCNc1nnc(-c2ccccc2)cc1-c1ccccc1. The third-order valence-corrected chi connectivity index (χ3v) is 3.35. The van der Waals surface area contributed by atoms with Crippen LogP contribution in [-0.4, -0.2) is 28.5 Å². The Balaban J connectivity index is 0.00000192. The summed E-state index contributed by atoms with van der Waals surface area (Å²) in [6.07, 6.45) is 0. The molecule has 1 aromatic heterocycles. The zero-order valence-corrected chi connectivity index (χ0v) is 13.3. The minimum Gasteiger partial charge on any atom is -0.395 e. The van der Waals surface area contributed by atoms with E-state index in [0.29, 0.717) is 12.4 Å². The van der Waals surface area contributed by atoms with Crippen molar-refractivity contribution in [2.24, 2.45) is 0 Å². The maximum atomic E-state index is 9.01. The Labute approximate surface area is 141 Å². The van der Waals surface area contributed by atoms with Crippen molar-refractivity contribution in [3.63, 3.8) is 0 Å². The number of aliphatic hydroxyl groups excluding tert-OH is 1. The van der Waals surface area contributed by atoms with Gasteiger partial charge in [-0.3, -0.25) is 0 Å². The molecule has 4 nitrogen and oxygen atoms in total. The molecule has 0 atom stereocenters. The highest BCUT2D eigenvalue weighted by molar-refractivity contribution is 5.85. The van der Waals surface area contributed by atoms with Gasteiger partial charge in [-0.1, -0.05) is 60.7 Å². The summed E-state index contributed by atoms with van der Waals surface area (Å²) in [7, 11) is 0. The lowest BCUT2D eigenvalue weighted by atomic mass is 10.0. The third-order valence-electron chi connectivity index (χ3n) is 3.35. The molecule has 0 aliphatic carbocycles. The first-order valence-electron chi connectivity index (χ1n) is 7.22. The van der Waals surface area contributed by atoms with Crippen LogP contribution >= 0.6 is 12.4 Å². The van der Waals surface area contributed by atoms with Gasteiger partial charge in [-0.05, 0) is 11.6 Å². The van der Waals surface area contributed by atoms with E-state index in [1.165, 1.54) is 0 Å². The van der Waals surface area contributed by atoms with Crippen molar-refractivity contribution in [2.75, 3.05) is 18.5 Å². The van der Waals surface area contributed by atoms with Crippen LogP contribution in [-0.2, 0) is 0 Å². The standard InChI is InChI=1S/C18H17N3O.ClH/c22-12-11-19-18-16(14-7-3-1-4-8-14)13-17(20-21-18)15-9-5-2-6-10-15;/h1-10,13,22H,11-12H2,(H,19,21);1H. The second-order valence-electron chi connectivity index (χ2n) is 4.87. The molecule has 0 aliphatic heterocycles. The van der Waals surface area contributed by atoms with E-state index < -0.39 is 0 Å². The van der Waals surface area contributed by atoms with E-state index in [0.717, 1.165) is 22.4 Å². The van der Waals surface area contributed by atoms with Crippen LogP contribution in [0.1, 0.15) is 0 Å². The summed E-state index contributed by atoms with van der Waals surface area (Å²) in [5, 5.41) is 20.7. The monoisotopic (exact) mass is 327 g/mol. The highest BCUT2D eigenvalue weighted by Gasteiger charge is 2.10. The first kappa shape index (κ1) is 16.9. The average molecular weight is 328 g/mol. The van der Waals surface area contributed by atoms with Crippen LogP contribution in [0.4, 0.5) is 5.82 Å². The van der Waals surface area contributed by atoms with Gasteiger partial charge in [0, 0.05) is 17.7 Å². The van der Waals surface area contributed by atoms with Crippen LogP contribution in [0.15, 0.2) is 66.7 Å². The summed E-state index contributed by atoms with van der Waals surface area (Å²) >= 11 is 0. The number of halogens is 1. The molecule has 0 saturated carbocycles. The zero-order chi connectivity index (χ0) is 15.2. The van der Waals surface area contributed by atoms with Crippen molar-refractivity contribution in [2.45, 2.75) is 0 Å². The van der Waals surface area contributed by atoms with Gasteiger partial charge in [0.25, 0.3) is 0 Å². The molecule has 0 fully saturated rings. The third kappa shape index (κ3) is 4.06. The van der Waals surface area contributed by atoms with E-state index in [9.17, 15) is 0 Å². The van der Waals surface area contributed by atoms with Crippen molar-refractivity contribution < 1.29 is 5.11 Å². The molecule has 0 amide bonds. The molecular formula is C18H18ClN3O. The number of hydrogen-bond acceptors (Lipinski definition) is 4. The van der Waals surface area contributed by atoms with Gasteiger partial charge in [0.1, 0.15) is 0 Å². The molecule has 0 spiro atoms. The zero-order valence-electron chi connectivity index (χ0n) is 12.5. The second-order valence-corrected chi connectivity index (χ2v) is 4.87. The molecule has 0 radical (unpaired) electrons. The minimum absolute atomic E-state index is 0. The summed E-state index contributed by atoms with van der Waals surface area (Å²) < 4.78 is 0. The van der Waals surface area contributed by atoms with Crippen LogP contribution in [0.25, 0.3) is 22.4 Å². The lowest BCUT2D eigenvalue weighted by molar-refractivity contribution is 0.311. The van der Waals surface area contributed by atoms with Crippen molar-refractivity contribution >= 4 is 18.2 Å². The molecule has 2 aromatic carbocycles. The Morgan fingerprint density at radius 3 is 2.04 bits per heavy atom. The van der Waals surface area contributed by atoms with Crippen molar-refractivity contribution in [3.8, 4) is 22.4 Å². The fourth-order valence-electron chi connectivity index (χ4n) is 2.28. The Kier molecular flexibility index (Phi) is 6.09. The van der Waals surface area contributed by atoms with E-state index in [-0.39, 0.29) is 19.0 Å². The largest absolute Gasteiger partial charge is 0.395 e. The predicted octanol–water partition coefficient (Wildman–Crippen LogP) is 3.64. The summed E-state index contributed by atoms with van der Waals surface area (Å²) in [6.45, 7) is 0.496. The molecule has 23 heavy (non-hydrogen) atoms. The summed E-state index contributed by atoms with van der Waals surface area (Å²) in [5.41, 5.74) is 3.90. The molecule has 1 heterocycles. The molecule has 0 aliphatic rings. The molecule has 3 aromatic rings. The van der Waals surface area contributed by atoms with Gasteiger partial charge in [-0.2, -0.15) is 0 Å². The Morgan fingerprint density at radius 2 is 1.43 bits per heavy atom. The highest BCUT2D eigenvalue weighted by atomic mass is 35.5. The van der Waals surface area contributed by atoms with Gasteiger partial charge in [0.15, 0.2) is 5.82 Å². The molecular weight excluding hydrogens is 310 g/mol. The Bertz CT molecular complexity index is 736. The van der Waals surface area contributed by atoms with Crippen molar-refractivity contribution in [1.29, 1.82) is 0 Å². The van der Waals surface area contributed by atoms with Gasteiger partial charge in [-0.25, -0.2) is 0 Å². The van der Waals surface area contributed by atoms with E-state index >= 15 is 0 Å². The minimum atomic E-state index is 0. The number of rotatable bonds is 5. The number of anilines is 1. The van der Waals surface area contributed by atoms with E-state index in [1.54, 1.807) is 0 Å². The fraction of sp³-hybridized carbons (Fsp3) is 0.111. The van der Waals surface area contributed by atoms with Crippen LogP contribution in [0.3, 0.4) is 0 Å². The molecule has 5 heteroatoms.